The van der Waals surface area contributed by atoms with E-state index in [4.69, 9.17) is 0 Å². The van der Waals surface area contributed by atoms with Gasteiger partial charge in [-0.05, 0) is 37.6 Å². The molecular weight excluding hydrogens is 286 g/mol. The first-order valence-electron chi connectivity index (χ1n) is 6.89. The summed E-state index contributed by atoms with van der Waals surface area (Å²) >= 11 is 1.49. The molecule has 0 atom stereocenters. The van der Waals surface area contributed by atoms with Crippen molar-refractivity contribution < 1.29 is 9.90 Å². The van der Waals surface area contributed by atoms with Gasteiger partial charge < -0.3 is 10.0 Å². The Hall–Kier alpha value is -1.79. The summed E-state index contributed by atoms with van der Waals surface area (Å²) < 4.78 is 0. The van der Waals surface area contributed by atoms with E-state index < -0.39 is 5.97 Å². The third-order valence-electron chi connectivity index (χ3n) is 3.19. The van der Waals surface area contributed by atoms with Crippen molar-refractivity contribution in [1.29, 1.82) is 0 Å². The molecule has 0 spiro atoms. The number of carboxylic acid groups (broad SMARTS) is 1. The molecule has 0 aromatic carbocycles. The summed E-state index contributed by atoms with van der Waals surface area (Å²) in [6.07, 6.45) is 5.26. The van der Waals surface area contributed by atoms with E-state index in [9.17, 15) is 9.90 Å². The van der Waals surface area contributed by atoms with Gasteiger partial charge in [-0.25, -0.2) is 9.78 Å². The van der Waals surface area contributed by atoms with E-state index in [1.165, 1.54) is 16.9 Å². The predicted octanol–water partition coefficient (Wildman–Crippen LogP) is 2.47. The van der Waals surface area contributed by atoms with Gasteiger partial charge in [0.1, 0.15) is 0 Å². The number of rotatable bonds is 7. The predicted molar refractivity (Wildman–Crippen MR) is 82.7 cm³/mol. The van der Waals surface area contributed by atoms with Gasteiger partial charge in [-0.15, -0.1) is 11.3 Å². The molecule has 0 fully saturated rings. The Balaban J connectivity index is 1.97. The van der Waals surface area contributed by atoms with Crippen LogP contribution < -0.4 is 0 Å². The zero-order chi connectivity index (χ0) is 15.2. The minimum Gasteiger partial charge on any atom is -0.476 e. The molecule has 2 rings (SSSR count). The van der Waals surface area contributed by atoms with Crippen LogP contribution in [-0.2, 0) is 19.4 Å². The molecule has 0 bridgehead atoms. The monoisotopic (exact) mass is 305 g/mol. The van der Waals surface area contributed by atoms with E-state index in [1.807, 2.05) is 26.1 Å². The van der Waals surface area contributed by atoms with Crippen molar-refractivity contribution in [2.75, 3.05) is 13.6 Å². The van der Waals surface area contributed by atoms with E-state index in [0.717, 1.165) is 29.3 Å². The summed E-state index contributed by atoms with van der Waals surface area (Å²) in [6, 6.07) is 4.00. The average molecular weight is 305 g/mol. The Morgan fingerprint density at radius 2 is 2.10 bits per heavy atom. The van der Waals surface area contributed by atoms with Crippen molar-refractivity contribution in [3.63, 3.8) is 0 Å². The number of likely N-dealkylation sites (N-methyl/N-ethyl adjacent to an activating group) is 1. The van der Waals surface area contributed by atoms with Crippen LogP contribution in [0.2, 0.25) is 0 Å². The zero-order valence-electron chi connectivity index (χ0n) is 12.2. The number of carbonyl (C=O) groups is 1. The Morgan fingerprint density at radius 1 is 1.38 bits per heavy atom. The van der Waals surface area contributed by atoms with Gasteiger partial charge in [0.15, 0.2) is 5.69 Å². The van der Waals surface area contributed by atoms with Crippen molar-refractivity contribution in [2.24, 2.45) is 0 Å². The Labute approximate surface area is 128 Å². The van der Waals surface area contributed by atoms with Crippen LogP contribution >= 0.6 is 11.3 Å². The molecule has 2 aromatic rings. The number of carboxylic acids is 1. The normalized spacial score (nSPS) is 11.0. The molecule has 0 amide bonds. The number of aryl methyl sites for hydroxylation is 1. The van der Waals surface area contributed by atoms with Crippen LogP contribution in [0.15, 0.2) is 24.5 Å². The minimum absolute atomic E-state index is 0.201. The van der Waals surface area contributed by atoms with Crippen molar-refractivity contribution in [1.82, 2.24) is 14.9 Å². The van der Waals surface area contributed by atoms with Gasteiger partial charge in [0.25, 0.3) is 0 Å². The van der Waals surface area contributed by atoms with Gasteiger partial charge in [-0.3, -0.25) is 4.98 Å². The molecule has 2 aromatic heterocycles. The quantitative estimate of drug-likeness (QED) is 0.851. The van der Waals surface area contributed by atoms with Gasteiger partial charge in [-0.1, -0.05) is 6.92 Å². The first-order chi connectivity index (χ1) is 10.1. The number of pyridine rings is 1. The highest BCUT2D eigenvalue weighted by molar-refractivity contribution is 7.11. The maximum absolute atomic E-state index is 11.2. The first kappa shape index (κ1) is 15.6. The van der Waals surface area contributed by atoms with E-state index in [1.54, 1.807) is 12.4 Å². The molecule has 21 heavy (non-hydrogen) atoms. The van der Waals surface area contributed by atoms with Gasteiger partial charge in [-0.2, -0.15) is 0 Å². The second-order valence-electron chi connectivity index (χ2n) is 4.88. The molecule has 5 nitrogen and oxygen atoms in total. The van der Waals surface area contributed by atoms with Crippen LogP contribution in [0, 0.1) is 0 Å². The van der Waals surface area contributed by atoms with Crippen LogP contribution in [0.1, 0.15) is 32.9 Å². The lowest BCUT2D eigenvalue weighted by molar-refractivity contribution is 0.0689. The number of aromatic carboxylic acids is 1. The maximum atomic E-state index is 11.2. The van der Waals surface area contributed by atoms with Crippen LogP contribution in [0.25, 0.3) is 0 Å². The molecule has 0 saturated heterocycles. The Morgan fingerprint density at radius 3 is 2.71 bits per heavy atom. The smallest absolute Gasteiger partial charge is 0.355 e. The fourth-order valence-corrected chi connectivity index (χ4v) is 3.10. The molecule has 0 aliphatic heterocycles. The lowest BCUT2D eigenvalue weighted by Gasteiger charge is -2.15. The van der Waals surface area contributed by atoms with Crippen LogP contribution in [-0.4, -0.2) is 39.5 Å². The summed E-state index contributed by atoms with van der Waals surface area (Å²) in [6.45, 7) is 3.47. The van der Waals surface area contributed by atoms with E-state index in [-0.39, 0.29) is 5.69 Å². The van der Waals surface area contributed by atoms with Crippen molar-refractivity contribution in [2.45, 2.75) is 26.3 Å². The zero-order valence-corrected chi connectivity index (χ0v) is 13.1. The third-order valence-corrected chi connectivity index (χ3v) is 4.38. The number of aromatic nitrogens is 2. The van der Waals surface area contributed by atoms with Crippen LogP contribution in [0.5, 0.6) is 0 Å². The molecule has 0 aliphatic carbocycles. The number of nitrogens with zero attached hydrogens (tertiary/aromatic N) is 3. The van der Waals surface area contributed by atoms with Gasteiger partial charge in [0, 0.05) is 25.5 Å². The van der Waals surface area contributed by atoms with E-state index in [0.29, 0.717) is 6.54 Å². The average Bonchev–Trinajstić information content (AvgIpc) is 2.89. The minimum atomic E-state index is -0.941. The molecule has 1 N–H and O–H groups in total. The second kappa shape index (κ2) is 7.28. The number of hydrogen-bond donors (Lipinski definition) is 1. The Bertz CT molecular complexity index is 598. The Kier molecular flexibility index (Phi) is 5.41. The topological polar surface area (TPSA) is 66.3 Å². The van der Waals surface area contributed by atoms with Crippen molar-refractivity contribution in [3.8, 4) is 0 Å². The lowest BCUT2D eigenvalue weighted by Crippen LogP contribution is -2.21. The van der Waals surface area contributed by atoms with E-state index in [2.05, 4.69) is 14.9 Å². The summed E-state index contributed by atoms with van der Waals surface area (Å²) in [4.78, 5) is 22.4. The maximum Gasteiger partial charge on any atom is 0.355 e. The van der Waals surface area contributed by atoms with Gasteiger partial charge >= 0.3 is 5.97 Å². The highest BCUT2D eigenvalue weighted by Gasteiger charge is 2.17. The summed E-state index contributed by atoms with van der Waals surface area (Å²) in [5, 5.41) is 10.1. The largest absolute Gasteiger partial charge is 0.476 e. The lowest BCUT2D eigenvalue weighted by atomic mass is 10.2. The van der Waals surface area contributed by atoms with Crippen molar-refractivity contribution >= 4 is 17.3 Å². The molecule has 0 radical (unpaired) electrons. The summed E-state index contributed by atoms with van der Waals surface area (Å²) in [5.41, 5.74) is 1.43. The third kappa shape index (κ3) is 4.34. The van der Waals surface area contributed by atoms with Crippen molar-refractivity contribution in [3.05, 3.63) is 45.7 Å². The van der Waals surface area contributed by atoms with Gasteiger partial charge in [0.05, 0.1) is 9.88 Å². The molecule has 112 valence electrons. The highest BCUT2D eigenvalue weighted by atomic mass is 32.1. The van der Waals surface area contributed by atoms with E-state index >= 15 is 0 Å². The number of thiazole rings is 1. The van der Waals surface area contributed by atoms with Crippen LogP contribution in [0.4, 0.5) is 0 Å². The molecular formula is C15H19N3O2S. The molecule has 0 saturated carbocycles. The molecule has 2 heterocycles. The SMILES string of the molecule is CCc1nc(C(=O)O)c(CN(C)CCc2ccncc2)s1. The second-order valence-corrected chi connectivity index (χ2v) is 6.05. The molecule has 0 aliphatic rings. The summed E-state index contributed by atoms with van der Waals surface area (Å²) in [5.74, 6) is -0.941. The van der Waals surface area contributed by atoms with Crippen LogP contribution in [0.3, 0.4) is 0 Å². The highest BCUT2D eigenvalue weighted by Crippen LogP contribution is 2.21. The fourth-order valence-electron chi connectivity index (χ4n) is 2.02. The molecule has 0 unspecified atom stereocenters. The first-order valence-corrected chi connectivity index (χ1v) is 7.71. The summed E-state index contributed by atoms with van der Waals surface area (Å²) in [7, 11) is 2.00. The standard InChI is InChI=1S/C15H19N3O2S/c1-3-13-17-14(15(19)20)12(21-13)10-18(2)9-6-11-4-7-16-8-5-11/h4-5,7-8H,3,6,9-10H2,1-2H3,(H,19,20). The molecule has 6 heteroatoms. The fraction of sp³-hybridized carbons (Fsp3) is 0.400. The van der Waals surface area contributed by atoms with Gasteiger partial charge in [0.2, 0.25) is 0 Å². The number of hydrogen-bond acceptors (Lipinski definition) is 5.